The molecule has 109 heavy (non-hydrogen) atoms. The number of carbonyl (C=O) groups excluding carboxylic acids is 2. The molecular formula is C90H78N14O4S. The number of pyridine rings is 14. The minimum absolute atomic E-state index is 0.00481. The lowest BCUT2D eigenvalue weighted by molar-refractivity contribution is -0.112. The van der Waals surface area contributed by atoms with Gasteiger partial charge in [-0.25, -0.2) is 0 Å². The average molecular weight is 1450 g/mol. The van der Waals surface area contributed by atoms with Gasteiger partial charge in [-0.05, 0) is 300 Å². The number of hydrogen-bond donors (Lipinski definition) is 2. The highest BCUT2D eigenvalue weighted by Gasteiger charge is 2.24. The van der Waals surface area contributed by atoms with Crippen molar-refractivity contribution < 1.29 is 19.8 Å². The van der Waals surface area contributed by atoms with E-state index >= 15 is 0 Å². The number of aliphatic hydroxyl groups excluding tert-OH is 2. The maximum atomic E-state index is 12.6. The number of aliphatic hydroxyl groups is 2. The van der Waals surface area contributed by atoms with Crippen molar-refractivity contribution in [3.63, 3.8) is 0 Å². The molecule has 1 fully saturated rings. The molecule has 0 aromatic carbocycles. The summed E-state index contributed by atoms with van der Waals surface area (Å²) in [5.74, 6) is 0.157. The third-order valence-electron chi connectivity index (χ3n) is 17.2. The number of hydrogen-bond acceptors (Lipinski definition) is 19. The molecule has 18 nitrogen and oxygen atoms in total. The molecule has 0 bridgehead atoms. The van der Waals surface area contributed by atoms with Crippen LogP contribution in [0.4, 0.5) is 0 Å². The molecule has 15 aromatic rings. The number of Topliss-reactive ketones (excluding diaryl/α,β-unsaturated/α-hetero) is 1. The van der Waals surface area contributed by atoms with Gasteiger partial charge in [0.05, 0.1) is 0 Å². The molecule has 1 aliphatic carbocycles. The highest BCUT2D eigenvalue weighted by atomic mass is 32.1. The Labute approximate surface area is 637 Å². The maximum absolute atomic E-state index is 12.6. The van der Waals surface area contributed by atoms with Crippen molar-refractivity contribution in [3.8, 4) is 43.1 Å². The van der Waals surface area contributed by atoms with Crippen LogP contribution in [0.1, 0.15) is 98.3 Å². The number of aryl methyl sites for hydroxylation is 4. The van der Waals surface area contributed by atoms with Crippen LogP contribution in [-0.4, -0.2) is 91.6 Å². The minimum atomic E-state index is -0.953. The van der Waals surface area contributed by atoms with Gasteiger partial charge in [-0.1, -0.05) is 0 Å². The fourth-order valence-electron chi connectivity index (χ4n) is 11.6. The zero-order valence-electron chi connectivity index (χ0n) is 59.7. The summed E-state index contributed by atoms with van der Waals surface area (Å²) < 4.78 is 0. The van der Waals surface area contributed by atoms with Gasteiger partial charge >= 0.3 is 0 Å². The fraction of sp³-hybridized carbons (Fsp3) is 0.111. The topological polar surface area (TPSA) is 255 Å². The predicted octanol–water partition coefficient (Wildman–Crippen LogP) is 17.6. The van der Waals surface area contributed by atoms with E-state index in [0.29, 0.717) is 22.3 Å². The Morgan fingerprint density at radius 1 is 0.312 bits per heavy atom. The highest BCUT2D eigenvalue weighted by molar-refractivity contribution is 7.20. The molecular weight excluding hydrogens is 1370 g/mol. The van der Waals surface area contributed by atoms with Gasteiger partial charge in [0.1, 0.15) is 12.2 Å². The summed E-state index contributed by atoms with van der Waals surface area (Å²) in [4.78, 5) is 83.0. The van der Waals surface area contributed by atoms with Crippen LogP contribution in [0.15, 0.2) is 355 Å². The van der Waals surface area contributed by atoms with E-state index in [4.69, 9.17) is 0 Å². The van der Waals surface area contributed by atoms with Crippen LogP contribution < -0.4 is 0 Å². The summed E-state index contributed by atoms with van der Waals surface area (Å²) in [5.41, 5.74) is 18.7. The SMILES string of the molecule is O=C(c1ccncc1)c1ccncc1.O=C1/C(=C/c2ccncc2)CCC/C1=C\c1ccncc1.OC(c1ccncc1)C(O)c1ccncc1.c1cc(-c2sc(-c3ccncc3)c(-c3ccncc3)c2-c2ccncc2)ccn1.c1cc(CCCc2ccncc2)ccn1.c1cc(CCc2ccncc2)ccn1. The second-order valence-corrected chi connectivity index (χ2v) is 25.6. The van der Waals surface area contributed by atoms with E-state index in [2.05, 4.69) is 167 Å². The largest absolute Gasteiger partial charge is 0.385 e. The molecule has 19 heteroatoms. The van der Waals surface area contributed by atoms with E-state index < -0.39 is 12.2 Å². The van der Waals surface area contributed by atoms with E-state index in [1.807, 2.05) is 136 Å². The number of aromatic nitrogens is 14. The van der Waals surface area contributed by atoms with E-state index in [1.165, 1.54) is 49.6 Å². The van der Waals surface area contributed by atoms with Crippen LogP contribution in [0.5, 0.6) is 0 Å². The smallest absolute Gasteiger partial charge is 0.193 e. The van der Waals surface area contributed by atoms with Crippen LogP contribution in [0.2, 0.25) is 0 Å². The molecule has 15 aromatic heterocycles. The Bertz CT molecular complexity index is 4850. The van der Waals surface area contributed by atoms with Gasteiger partial charge in [0, 0.05) is 217 Å². The zero-order valence-corrected chi connectivity index (χ0v) is 60.5. The third-order valence-corrected chi connectivity index (χ3v) is 18.5. The number of nitrogens with zero attached hydrogens (tertiary/aromatic N) is 14. The van der Waals surface area contributed by atoms with Crippen molar-refractivity contribution in [2.24, 2.45) is 0 Å². The molecule has 1 saturated carbocycles. The first-order chi connectivity index (χ1) is 53.8. The first-order valence-corrected chi connectivity index (χ1v) is 36.2. The Kier molecular flexibility index (Phi) is 29.9. The lowest BCUT2D eigenvalue weighted by Crippen LogP contribution is -2.12. The van der Waals surface area contributed by atoms with Gasteiger partial charge in [0.15, 0.2) is 11.6 Å². The molecule has 16 rings (SSSR count). The van der Waals surface area contributed by atoms with Crippen molar-refractivity contribution in [2.75, 3.05) is 0 Å². The van der Waals surface area contributed by atoms with Gasteiger partial charge < -0.3 is 10.2 Å². The lowest BCUT2D eigenvalue weighted by Gasteiger charge is -2.17. The summed E-state index contributed by atoms with van der Waals surface area (Å²) in [6.45, 7) is 0. The second-order valence-electron chi connectivity index (χ2n) is 24.6. The lowest BCUT2D eigenvalue weighted by atomic mass is 9.87. The predicted molar refractivity (Wildman–Crippen MR) is 427 cm³/mol. The number of ketones is 2. The number of thiophene rings is 1. The number of rotatable bonds is 18. The third kappa shape index (κ3) is 24.0. The van der Waals surface area contributed by atoms with Gasteiger partial charge in [0.2, 0.25) is 0 Å². The molecule has 1 aliphatic rings. The number of carbonyl (C=O) groups is 2. The van der Waals surface area contributed by atoms with E-state index in [-0.39, 0.29) is 11.6 Å². The van der Waals surface area contributed by atoms with Crippen LogP contribution >= 0.6 is 11.3 Å². The Morgan fingerprint density at radius 2 is 0.550 bits per heavy atom. The Hall–Kier alpha value is -13.5. The molecule has 538 valence electrons. The Balaban J connectivity index is 0.000000133. The highest BCUT2D eigenvalue weighted by Crippen LogP contribution is 2.51. The molecule has 2 atom stereocenters. The molecule has 0 amide bonds. The first-order valence-electron chi connectivity index (χ1n) is 35.4. The summed E-state index contributed by atoms with van der Waals surface area (Å²) in [6, 6.07) is 54.2. The van der Waals surface area contributed by atoms with E-state index in [1.54, 1.807) is 134 Å². The van der Waals surface area contributed by atoms with Gasteiger partial charge in [-0.3, -0.25) is 79.4 Å². The normalized spacial score (nSPS) is 12.6. The van der Waals surface area contributed by atoms with Crippen LogP contribution in [0.25, 0.3) is 55.3 Å². The monoisotopic (exact) mass is 1450 g/mol. The molecule has 0 saturated heterocycles. The van der Waals surface area contributed by atoms with Crippen LogP contribution in [-0.2, 0) is 30.5 Å². The van der Waals surface area contributed by atoms with E-state index in [0.717, 1.165) is 89.5 Å². The molecule has 15 heterocycles. The van der Waals surface area contributed by atoms with Gasteiger partial charge in [0.25, 0.3) is 0 Å². The summed E-state index contributed by atoms with van der Waals surface area (Å²) in [6.07, 6.45) is 59.4. The first kappa shape index (κ1) is 76.7. The van der Waals surface area contributed by atoms with Crippen LogP contribution in [0.3, 0.4) is 0 Å². The number of allylic oxidation sites excluding steroid dienone is 2. The standard InChI is InChI=1S/C24H16N4S.C18H16N2O.C13H14N2.C12H12N2O2.C12H12N2.C11H8N2O/c1-9-25-10-2-17(1)21-22(18-3-11-26-12-4-18)24(20-7-15-28-16-8-20)29-23(21)19-5-13-27-14-6-19;21-18-16(12-14-4-8-19-9-5-14)2-1-3-17(18)13-15-6-10-20-11-7-15;1(2-12-4-8-14-9-5-12)3-13-6-10-15-11-7-13;15-11(9-1-5-13-6-2-9)12(16)10-3-7-14-8-4-10;1(11-3-7-13-8-4-11)2-12-5-9-14-10-6-12;14-11(9-1-5-12-6-2-9)10-3-7-13-8-4-10/h1-16H;4-13H,1-3H2;4-11H,1-3H2;1-8,11-12,15-16H;3-10H,1-2H2;1-8H/b;16-12+,17-13+;;;;. The molecule has 0 spiro atoms. The van der Waals surface area contributed by atoms with Crippen molar-refractivity contribution in [1.82, 2.24) is 69.8 Å². The quantitative estimate of drug-likeness (QED) is 0.0598. The van der Waals surface area contributed by atoms with Crippen LogP contribution in [0, 0.1) is 0 Å². The zero-order chi connectivity index (χ0) is 75.1. The molecule has 2 N–H and O–H groups in total. The fourth-order valence-corrected chi connectivity index (χ4v) is 12.9. The van der Waals surface area contributed by atoms with E-state index in [9.17, 15) is 19.8 Å². The van der Waals surface area contributed by atoms with Crippen molar-refractivity contribution in [1.29, 1.82) is 0 Å². The van der Waals surface area contributed by atoms with Gasteiger partial charge in [-0.2, -0.15) is 0 Å². The van der Waals surface area contributed by atoms with Crippen molar-refractivity contribution >= 4 is 35.1 Å². The molecule has 2 unspecified atom stereocenters. The molecule has 0 radical (unpaired) electrons. The minimum Gasteiger partial charge on any atom is -0.385 e. The van der Waals surface area contributed by atoms with Crippen molar-refractivity contribution in [3.05, 3.63) is 410 Å². The van der Waals surface area contributed by atoms with Crippen molar-refractivity contribution in [2.45, 2.75) is 63.6 Å². The molecule has 0 aliphatic heterocycles. The summed E-state index contributed by atoms with van der Waals surface area (Å²) in [7, 11) is 0. The summed E-state index contributed by atoms with van der Waals surface area (Å²) >= 11 is 1.79. The van der Waals surface area contributed by atoms with Gasteiger partial charge in [-0.15, -0.1) is 11.3 Å². The maximum Gasteiger partial charge on any atom is 0.193 e. The Morgan fingerprint density at radius 3 is 0.844 bits per heavy atom. The average Bonchev–Trinajstić information content (AvgIpc) is 1.61. The second kappa shape index (κ2) is 42.5. The summed E-state index contributed by atoms with van der Waals surface area (Å²) in [5, 5.41) is 19.9.